The van der Waals surface area contributed by atoms with Crippen LogP contribution in [0.25, 0.3) is 10.9 Å². The molecule has 0 aliphatic carbocycles. The number of aliphatic imine (C=N–C) groups is 1. The van der Waals surface area contributed by atoms with Crippen molar-refractivity contribution in [1.29, 1.82) is 0 Å². The van der Waals surface area contributed by atoms with E-state index in [9.17, 15) is 0 Å². The summed E-state index contributed by atoms with van der Waals surface area (Å²) in [6, 6.07) is 10.3. The summed E-state index contributed by atoms with van der Waals surface area (Å²) in [4.78, 5) is 9.22. The van der Waals surface area contributed by atoms with Crippen LogP contribution in [0, 0.1) is 5.92 Å². The summed E-state index contributed by atoms with van der Waals surface area (Å²) in [5.74, 6) is 1.57. The number of benzene rings is 1. The molecule has 2 aromatic rings. The third-order valence-corrected chi connectivity index (χ3v) is 4.18. The van der Waals surface area contributed by atoms with Gasteiger partial charge in [-0.25, -0.2) is 4.99 Å². The van der Waals surface area contributed by atoms with E-state index in [-0.39, 0.29) is 24.0 Å². The largest absolute Gasteiger partial charge is 0.357 e. The van der Waals surface area contributed by atoms with E-state index in [1.807, 2.05) is 12.3 Å². The lowest BCUT2D eigenvalue weighted by atomic mass is 10.0. The maximum absolute atomic E-state index is 4.73. The standard InChI is InChI=1S/C19H28N4.HI/c1-4-15(5-2)13-22-19(20-6-3)23-14-17-10-7-9-16-11-8-12-21-18(16)17;/h7-12,15H,4-6,13-14H2,1-3H3,(H2,20,22,23);1H. The Morgan fingerprint density at radius 1 is 1.08 bits per heavy atom. The maximum atomic E-state index is 4.73. The van der Waals surface area contributed by atoms with Gasteiger partial charge in [0.05, 0.1) is 12.1 Å². The van der Waals surface area contributed by atoms with Crippen LogP contribution < -0.4 is 10.6 Å². The van der Waals surface area contributed by atoms with Crippen molar-refractivity contribution in [3.8, 4) is 0 Å². The quantitative estimate of drug-likeness (QED) is 0.383. The first kappa shape index (κ1) is 20.7. The molecular formula is C19H29IN4. The lowest BCUT2D eigenvalue weighted by Gasteiger charge is -2.16. The van der Waals surface area contributed by atoms with Gasteiger partial charge in [0.25, 0.3) is 0 Å². The minimum atomic E-state index is 0. The smallest absolute Gasteiger partial charge is 0.191 e. The Balaban J connectivity index is 0.00000288. The summed E-state index contributed by atoms with van der Waals surface area (Å²) in [5.41, 5.74) is 2.19. The molecule has 0 aliphatic heterocycles. The van der Waals surface area contributed by atoms with E-state index in [4.69, 9.17) is 4.99 Å². The van der Waals surface area contributed by atoms with Crippen molar-refractivity contribution in [1.82, 2.24) is 15.6 Å². The summed E-state index contributed by atoms with van der Waals surface area (Å²) in [6.07, 6.45) is 4.22. The van der Waals surface area contributed by atoms with E-state index in [1.165, 1.54) is 12.8 Å². The number of guanidine groups is 1. The molecule has 2 rings (SSSR count). The van der Waals surface area contributed by atoms with Gasteiger partial charge < -0.3 is 10.6 Å². The van der Waals surface area contributed by atoms with Crippen molar-refractivity contribution in [2.24, 2.45) is 10.9 Å². The predicted octanol–water partition coefficient (Wildman–Crippen LogP) is 4.34. The molecule has 132 valence electrons. The zero-order valence-electron chi connectivity index (χ0n) is 14.9. The number of rotatable bonds is 7. The van der Waals surface area contributed by atoms with Gasteiger partial charge in [-0.05, 0) is 24.5 Å². The number of nitrogens with one attached hydrogen (secondary N) is 2. The Morgan fingerprint density at radius 2 is 1.83 bits per heavy atom. The van der Waals surface area contributed by atoms with Gasteiger partial charge in [-0.3, -0.25) is 4.98 Å². The van der Waals surface area contributed by atoms with Gasteiger partial charge in [-0.1, -0.05) is 51.0 Å². The van der Waals surface area contributed by atoms with Crippen molar-refractivity contribution in [3.63, 3.8) is 0 Å². The molecule has 0 fully saturated rings. The molecule has 0 radical (unpaired) electrons. The summed E-state index contributed by atoms with van der Waals surface area (Å²) < 4.78 is 0. The van der Waals surface area contributed by atoms with Gasteiger partial charge in [0, 0.05) is 24.7 Å². The molecule has 0 aliphatic rings. The van der Waals surface area contributed by atoms with E-state index >= 15 is 0 Å². The molecule has 0 saturated heterocycles. The average Bonchev–Trinajstić information content (AvgIpc) is 2.60. The first-order chi connectivity index (χ1) is 11.3. The zero-order valence-corrected chi connectivity index (χ0v) is 17.2. The Morgan fingerprint density at radius 3 is 2.54 bits per heavy atom. The van der Waals surface area contributed by atoms with Crippen LogP contribution in [0.5, 0.6) is 0 Å². The summed E-state index contributed by atoms with van der Waals surface area (Å²) in [6.45, 7) is 9.03. The van der Waals surface area contributed by atoms with E-state index in [0.717, 1.165) is 35.5 Å². The van der Waals surface area contributed by atoms with Crippen LogP contribution >= 0.6 is 24.0 Å². The van der Waals surface area contributed by atoms with E-state index in [0.29, 0.717) is 12.5 Å². The van der Waals surface area contributed by atoms with Gasteiger partial charge in [0.2, 0.25) is 0 Å². The molecule has 0 amide bonds. The molecule has 5 heteroatoms. The second-order valence-corrected chi connectivity index (χ2v) is 5.75. The number of para-hydroxylation sites is 1. The van der Waals surface area contributed by atoms with Crippen LogP contribution in [0.15, 0.2) is 41.5 Å². The second kappa shape index (κ2) is 11.2. The van der Waals surface area contributed by atoms with Gasteiger partial charge in [0.1, 0.15) is 0 Å². The molecule has 0 spiro atoms. The van der Waals surface area contributed by atoms with Crippen LogP contribution in [-0.2, 0) is 6.54 Å². The number of hydrogen-bond acceptors (Lipinski definition) is 2. The lowest BCUT2D eigenvalue weighted by molar-refractivity contribution is 0.481. The highest BCUT2D eigenvalue weighted by Gasteiger charge is 2.06. The molecule has 24 heavy (non-hydrogen) atoms. The van der Waals surface area contributed by atoms with Gasteiger partial charge >= 0.3 is 0 Å². The summed E-state index contributed by atoms with van der Waals surface area (Å²) >= 11 is 0. The van der Waals surface area contributed by atoms with Crippen LogP contribution in [0.2, 0.25) is 0 Å². The zero-order chi connectivity index (χ0) is 16.5. The summed E-state index contributed by atoms with van der Waals surface area (Å²) in [5, 5.41) is 7.94. The Kier molecular flexibility index (Phi) is 9.67. The molecule has 0 saturated carbocycles. The molecule has 1 aromatic carbocycles. The topological polar surface area (TPSA) is 49.3 Å². The van der Waals surface area contributed by atoms with E-state index in [2.05, 4.69) is 60.7 Å². The van der Waals surface area contributed by atoms with Crippen molar-refractivity contribution < 1.29 is 0 Å². The first-order valence-corrected chi connectivity index (χ1v) is 8.63. The SMILES string of the molecule is CCNC(=NCc1cccc2cccnc12)NCC(CC)CC.I. The molecule has 0 unspecified atom stereocenters. The Bertz CT molecular complexity index is 633. The first-order valence-electron chi connectivity index (χ1n) is 8.63. The Hall–Kier alpha value is -1.37. The van der Waals surface area contributed by atoms with E-state index in [1.54, 1.807) is 0 Å². The van der Waals surface area contributed by atoms with Crippen molar-refractivity contribution in [2.45, 2.75) is 40.2 Å². The van der Waals surface area contributed by atoms with Crippen LogP contribution in [0.1, 0.15) is 39.2 Å². The fourth-order valence-electron chi connectivity index (χ4n) is 2.62. The van der Waals surface area contributed by atoms with E-state index < -0.39 is 0 Å². The van der Waals surface area contributed by atoms with Crippen molar-refractivity contribution in [3.05, 3.63) is 42.1 Å². The number of nitrogens with zero attached hydrogens (tertiary/aromatic N) is 2. The predicted molar refractivity (Wildman–Crippen MR) is 114 cm³/mol. The average molecular weight is 440 g/mol. The lowest BCUT2D eigenvalue weighted by Crippen LogP contribution is -2.39. The minimum Gasteiger partial charge on any atom is -0.357 e. The van der Waals surface area contributed by atoms with Crippen LogP contribution in [0.4, 0.5) is 0 Å². The number of hydrogen-bond donors (Lipinski definition) is 2. The third kappa shape index (κ3) is 5.92. The molecule has 4 nitrogen and oxygen atoms in total. The number of fused-ring (bicyclic) bond motifs is 1. The monoisotopic (exact) mass is 440 g/mol. The highest BCUT2D eigenvalue weighted by atomic mass is 127. The normalized spacial score (nSPS) is 11.4. The van der Waals surface area contributed by atoms with Crippen LogP contribution in [-0.4, -0.2) is 24.0 Å². The van der Waals surface area contributed by atoms with Gasteiger partial charge in [-0.2, -0.15) is 0 Å². The van der Waals surface area contributed by atoms with Gasteiger partial charge in [-0.15, -0.1) is 24.0 Å². The summed E-state index contributed by atoms with van der Waals surface area (Å²) in [7, 11) is 0. The Labute approximate surface area is 162 Å². The fraction of sp³-hybridized carbons (Fsp3) is 0.474. The van der Waals surface area contributed by atoms with Gasteiger partial charge in [0.15, 0.2) is 5.96 Å². The number of aromatic nitrogens is 1. The second-order valence-electron chi connectivity index (χ2n) is 5.75. The fourth-order valence-corrected chi connectivity index (χ4v) is 2.62. The highest BCUT2D eigenvalue weighted by molar-refractivity contribution is 14.0. The molecule has 2 N–H and O–H groups in total. The van der Waals surface area contributed by atoms with Crippen molar-refractivity contribution >= 4 is 40.8 Å². The molecule has 0 bridgehead atoms. The maximum Gasteiger partial charge on any atom is 0.191 e. The molecule has 1 heterocycles. The number of halogens is 1. The van der Waals surface area contributed by atoms with Crippen LogP contribution in [0.3, 0.4) is 0 Å². The number of pyridine rings is 1. The highest BCUT2D eigenvalue weighted by Crippen LogP contribution is 2.16. The minimum absolute atomic E-state index is 0. The van der Waals surface area contributed by atoms with Crippen molar-refractivity contribution in [2.75, 3.05) is 13.1 Å². The third-order valence-electron chi connectivity index (χ3n) is 4.18. The molecule has 0 atom stereocenters. The molecular weight excluding hydrogens is 411 g/mol. The molecule has 1 aromatic heterocycles.